The second-order valence-electron chi connectivity index (χ2n) is 4.08. The van der Waals surface area contributed by atoms with Gasteiger partial charge in [-0.25, -0.2) is 0 Å². The van der Waals surface area contributed by atoms with E-state index in [0.29, 0.717) is 0 Å². The fraction of sp³-hybridized carbons (Fsp3) is 1.00. The van der Waals surface area contributed by atoms with Crippen molar-refractivity contribution >= 4 is 9.03 Å². The highest BCUT2D eigenvalue weighted by molar-refractivity contribution is 7.24. The third-order valence-electron chi connectivity index (χ3n) is 2.71. The first-order valence-corrected chi connectivity index (χ1v) is 6.58. The van der Waals surface area contributed by atoms with Crippen LogP contribution in [0.5, 0.6) is 0 Å². The zero-order chi connectivity index (χ0) is 14.4. The smallest absolute Gasteiger partial charge is 0.192 e. The molecule has 9 nitrogen and oxygen atoms in total. The molecule has 0 saturated carbocycles. The summed E-state index contributed by atoms with van der Waals surface area (Å²) >= 11 is 0. The summed E-state index contributed by atoms with van der Waals surface area (Å²) in [7, 11) is -0.966. The van der Waals surface area contributed by atoms with Crippen LogP contribution in [0.1, 0.15) is 0 Å². The lowest BCUT2D eigenvalue weighted by Crippen LogP contribution is -2.61. The maximum atomic E-state index is 9.80. The van der Waals surface area contributed by atoms with Crippen molar-refractivity contribution in [3.63, 3.8) is 0 Å². The van der Waals surface area contributed by atoms with Crippen LogP contribution in [0.25, 0.3) is 0 Å². The van der Waals surface area contributed by atoms with E-state index in [0.717, 1.165) is 0 Å². The predicted octanol–water partition coefficient (Wildman–Crippen LogP) is -3.35. The Hall–Kier alpha value is 0.0700. The summed E-state index contributed by atoms with van der Waals surface area (Å²) < 4.78 is 14.8. The van der Waals surface area contributed by atoms with E-state index in [4.69, 9.17) is 20.1 Å². The van der Waals surface area contributed by atoms with Crippen LogP contribution in [0.3, 0.4) is 0 Å². The van der Waals surface area contributed by atoms with E-state index in [-0.39, 0.29) is 19.8 Å². The van der Waals surface area contributed by atoms with Gasteiger partial charge in [0.1, 0.15) is 30.5 Å². The third kappa shape index (κ3) is 4.54. The molecule has 0 amide bonds. The minimum Gasteiger partial charge on any atom is -0.388 e. The molecule has 114 valence electrons. The maximum Gasteiger partial charge on any atom is 0.192 e. The van der Waals surface area contributed by atoms with E-state index in [2.05, 4.69) is 4.52 Å². The third-order valence-corrected chi connectivity index (χ3v) is 3.04. The van der Waals surface area contributed by atoms with E-state index < -0.39 is 45.8 Å². The molecule has 19 heavy (non-hydrogen) atoms. The molecule has 1 rings (SSSR count). The molecule has 10 heteroatoms. The topological polar surface area (TPSA) is 155 Å². The summed E-state index contributed by atoms with van der Waals surface area (Å²) in [5.74, 6) is 0. The molecule has 1 aliphatic heterocycles. The van der Waals surface area contributed by atoms with Crippen molar-refractivity contribution in [2.45, 2.75) is 36.8 Å². The molecule has 0 aliphatic carbocycles. The lowest BCUT2D eigenvalue weighted by molar-refractivity contribution is -0.290. The van der Waals surface area contributed by atoms with Gasteiger partial charge in [0.15, 0.2) is 15.3 Å². The van der Waals surface area contributed by atoms with Gasteiger partial charge in [-0.1, -0.05) is 0 Å². The highest BCUT2D eigenvalue weighted by Gasteiger charge is 2.47. The summed E-state index contributed by atoms with van der Waals surface area (Å²) in [6.07, 6.45) is -8.38. The van der Waals surface area contributed by atoms with Crippen LogP contribution in [-0.4, -0.2) is 81.9 Å². The molecule has 0 aromatic rings. The average molecular weight is 301 g/mol. The summed E-state index contributed by atoms with van der Waals surface area (Å²) in [4.78, 5) is 8.66. The normalized spacial score (nSPS) is 37.9. The van der Waals surface area contributed by atoms with Crippen LogP contribution in [0.2, 0.25) is 0 Å². The largest absolute Gasteiger partial charge is 0.388 e. The molecular weight excluding hydrogens is 281 g/mol. The Bertz CT molecular complexity index is 260. The molecule has 7 atom stereocenters. The van der Waals surface area contributed by atoms with E-state index in [1.165, 1.54) is 0 Å². The molecule has 6 unspecified atom stereocenters. The first-order chi connectivity index (χ1) is 9.02. The van der Waals surface area contributed by atoms with Crippen LogP contribution in [0, 0.1) is 0 Å². The second-order valence-corrected chi connectivity index (χ2v) is 4.50. The van der Waals surface area contributed by atoms with Crippen molar-refractivity contribution in [3.05, 3.63) is 0 Å². The van der Waals surface area contributed by atoms with Crippen molar-refractivity contribution < 1.29 is 39.3 Å². The zero-order valence-corrected chi connectivity index (χ0v) is 11.1. The SMILES string of the molecule is NCCOC[C@@H](O)C1OC(OPO)C(O)C(O)C1O. The minimum absolute atomic E-state index is 0.157. The standard InChI is InChI=1S/C9H20NO8P/c10-1-2-16-3-4(11)8-6(13)5(12)7(14)9(17-8)18-19-15/h4-9,11-15,19H,1-3,10H2/t4-,5?,6?,7?,8?,9?/m1/s1. The fourth-order valence-electron chi connectivity index (χ4n) is 1.72. The monoisotopic (exact) mass is 301 g/mol. The Labute approximate surface area is 111 Å². The van der Waals surface area contributed by atoms with Crippen molar-refractivity contribution in [3.8, 4) is 0 Å². The number of ether oxygens (including phenoxy) is 2. The molecule has 0 spiro atoms. The summed E-state index contributed by atoms with van der Waals surface area (Å²) in [5.41, 5.74) is 5.22. The van der Waals surface area contributed by atoms with E-state index in [9.17, 15) is 20.4 Å². The Morgan fingerprint density at radius 2 is 1.89 bits per heavy atom. The lowest BCUT2D eigenvalue weighted by atomic mass is 9.96. The van der Waals surface area contributed by atoms with Crippen LogP contribution in [0.4, 0.5) is 0 Å². The van der Waals surface area contributed by atoms with Crippen LogP contribution in [-0.2, 0) is 14.0 Å². The van der Waals surface area contributed by atoms with E-state index in [1.54, 1.807) is 0 Å². The molecule has 7 N–H and O–H groups in total. The fourth-order valence-corrected chi connectivity index (χ4v) is 2.02. The van der Waals surface area contributed by atoms with E-state index >= 15 is 0 Å². The number of aliphatic hydroxyl groups excluding tert-OH is 4. The van der Waals surface area contributed by atoms with E-state index in [1.807, 2.05) is 0 Å². The first kappa shape index (κ1) is 17.1. The lowest BCUT2D eigenvalue weighted by Gasteiger charge is -2.41. The van der Waals surface area contributed by atoms with Gasteiger partial charge in [-0.3, -0.25) is 0 Å². The summed E-state index contributed by atoms with van der Waals surface area (Å²) in [5, 5.41) is 38.7. The van der Waals surface area contributed by atoms with Gasteiger partial charge in [0, 0.05) is 6.54 Å². The Morgan fingerprint density at radius 3 is 2.47 bits per heavy atom. The van der Waals surface area contributed by atoms with Gasteiger partial charge in [0.25, 0.3) is 0 Å². The Kier molecular flexibility index (Phi) is 7.55. The molecular formula is C9H20NO8P. The maximum absolute atomic E-state index is 9.80. The molecule has 0 bridgehead atoms. The van der Waals surface area contributed by atoms with Gasteiger partial charge < -0.3 is 45.1 Å². The molecule has 1 aliphatic rings. The van der Waals surface area contributed by atoms with Gasteiger partial charge in [0.2, 0.25) is 0 Å². The van der Waals surface area contributed by atoms with Crippen molar-refractivity contribution in [1.82, 2.24) is 0 Å². The average Bonchev–Trinajstić information content (AvgIpc) is 2.39. The minimum atomic E-state index is -1.57. The van der Waals surface area contributed by atoms with Gasteiger partial charge in [0.05, 0.1) is 13.2 Å². The molecule has 0 aromatic carbocycles. The van der Waals surface area contributed by atoms with Crippen molar-refractivity contribution in [2.24, 2.45) is 5.73 Å². The van der Waals surface area contributed by atoms with Gasteiger partial charge >= 0.3 is 0 Å². The zero-order valence-electron chi connectivity index (χ0n) is 10.1. The number of hydrogen-bond donors (Lipinski definition) is 6. The highest BCUT2D eigenvalue weighted by Crippen LogP contribution is 2.27. The van der Waals surface area contributed by atoms with Crippen LogP contribution < -0.4 is 5.73 Å². The van der Waals surface area contributed by atoms with Gasteiger partial charge in [-0.2, -0.15) is 0 Å². The highest BCUT2D eigenvalue weighted by atomic mass is 31.1. The second kappa shape index (κ2) is 8.38. The number of aliphatic hydroxyl groups is 4. The molecule has 0 radical (unpaired) electrons. The van der Waals surface area contributed by atoms with Gasteiger partial charge in [-0.05, 0) is 0 Å². The van der Waals surface area contributed by atoms with Crippen molar-refractivity contribution in [2.75, 3.05) is 19.8 Å². The molecule has 1 saturated heterocycles. The quantitative estimate of drug-likeness (QED) is 0.209. The molecule has 1 fully saturated rings. The molecule has 0 aromatic heterocycles. The number of nitrogens with two attached hydrogens (primary N) is 1. The van der Waals surface area contributed by atoms with Gasteiger partial charge in [-0.15, -0.1) is 0 Å². The van der Waals surface area contributed by atoms with Crippen LogP contribution >= 0.6 is 9.03 Å². The number of hydrogen-bond acceptors (Lipinski definition) is 9. The number of rotatable bonds is 7. The molecule has 1 heterocycles. The summed E-state index contributed by atoms with van der Waals surface area (Å²) in [6, 6.07) is 0. The first-order valence-electron chi connectivity index (χ1n) is 5.73. The van der Waals surface area contributed by atoms with Crippen molar-refractivity contribution in [1.29, 1.82) is 0 Å². The summed E-state index contributed by atoms with van der Waals surface area (Å²) in [6.45, 7) is 0.346. The van der Waals surface area contributed by atoms with Crippen LogP contribution in [0.15, 0.2) is 0 Å². The Morgan fingerprint density at radius 1 is 1.21 bits per heavy atom. The Balaban J connectivity index is 2.59. The predicted molar refractivity (Wildman–Crippen MR) is 64.2 cm³/mol.